The zero-order valence-corrected chi connectivity index (χ0v) is 11.0. The zero-order chi connectivity index (χ0) is 14.0. The van der Waals surface area contributed by atoms with Crippen LogP contribution in [-0.2, 0) is 6.54 Å². The fourth-order valence-electron chi connectivity index (χ4n) is 1.51. The standard InChI is InChI=1S/C13H8Cl2F3N/c14-9-2-1-7(3-10(9)15)6-19-8-4-11(16)13(18)12(17)5-8/h1-5,19H,6H2. The number of halogens is 5. The van der Waals surface area contributed by atoms with Gasteiger partial charge in [0.2, 0.25) is 0 Å². The molecule has 0 fully saturated rings. The molecule has 1 nitrogen and oxygen atoms in total. The lowest BCUT2D eigenvalue weighted by Gasteiger charge is -2.08. The predicted octanol–water partition coefficient (Wildman–Crippen LogP) is 5.02. The fourth-order valence-corrected chi connectivity index (χ4v) is 1.83. The van der Waals surface area contributed by atoms with Crippen molar-refractivity contribution in [3.8, 4) is 0 Å². The van der Waals surface area contributed by atoms with Crippen LogP contribution in [-0.4, -0.2) is 0 Å². The van der Waals surface area contributed by atoms with Crippen LogP contribution in [0.2, 0.25) is 10.0 Å². The molecule has 0 aliphatic heterocycles. The summed E-state index contributed by atoms with van der Waals surface area (Å²) in [4.78, 5) is 0. The van der Waals surface area contributed by atoms with Gasteiger partial charge in [0, 0.05) is 24.4 Å². The molecule has 0 atom stereocenters. The molecule has 1 N–H and O–H groups in total. The summed E-state index contributed by atoms with van der Waals surface area (Å²) >= 11 is 11.6. The van der Waals surface area contributed by atoms with E-state index in [4.69, 9.17) is 23.2 Å². The van der Waals surface area contributed by atoms with E-state index in [2.05, 4.69) is 5.32 Å². The Morgan fingerprint density at radius 2 is 1.53 bits per heavy atom. The molecule has 0 radical (unpaired) electrons. The smallest absolute Gasteiger partial charge is 0.194 e. The minimum atomic E-state index is -1.49. The molecule has 2 aromatic carbocycles. The lowest BCUT2D eigenvalue weighted by molar-refractivity contribution is 0.447. The van der Waals surface area contributed by atoms with Gasteiger partial charge in [0.05, 0.1) is 10.0 Å². The Bertz CT molecular complexity index is 594. The third-order valence-corrected chi connectivity index (χ3v) is 3.20. The van der Waals surface area contributed by atoms with Crippen molar-refractivity contribution in [1.82, 2.24) is 0 Å². The van der Waals surface area contributed by atoms with Gasteiger partial charge in [0.25, 0.3) is 0 Å². The maximum atomic E-state index is 13.0. The number of hydrogen-bond donors (Lipinski definition) is 1. The SMILES string of the molecule is Fc1cc(NCc2ccc(Cl)c(Cl)c2)cc(F)c1F. The van der Waals surface area contributed by atoms with Crippen molar-refractivity contribution in [1.29, 1.82) is 0 Å². The van der Waals surface area contributed by atoms with Crippen LogP contribution in [0.5, 0.6) is 0 Å². The molecule has 2 rings (SSSR count). The van der Waals surface area contributed by atoms with Crippen molar-refractivity contribution in [3.05, 3.63) is 63.4 Å². The van der Waals surface area contributed by atoms with Crippen LogP contribution in [0.25, 0.3) is 0 Å². The maximum absolute atomic E-state index is 13.0. The summed E-state index contributed by atoms with van der Waals surface area (Å²) in [7, 11) is 0. The molecule has 0 aromatic heterocycles. The summed E-state index contributed by atoms with van der Waals surface area (Å²) in [5.74, 6) is -3.96. The second-order valence-corrected chi connectivity index (χ2v) is 4.67. The summed E-state index contributed by atoms with van der Waals surface area (Å²) in [6.45, 7) is 0.279. The molecule has 2 aromatic rings. The first-order chi connectivity index (χ1) is 8.97. The highest BCUT2D eigenvalue weighted by Gasteiger charge is 2.10. The Morgan fingerprint density at radius 1 is 0.895 bits per heavy atom. The summed E-state index contributed by atoms with van der Waals surface area (Å²) in [6.07, 6.45) is 0. The molecule has 0 saturated heterocycles. The van der Waals surface area contributed by atoms with Crippen molar-refractivity contribution in [2.45, 2.75) is 6.54 Å². The summed E-state index contributed by atoms with van der Waals surface area (Å²) < 4.78 is 38.7. The van der Waals surface area contributed by atoms with Gasteiger partial charge in [-0.3, -0.25) is 0 Å². The molecule has 0 unspecified atom stereocenters. The van der Waals surface area contributed by atoms with Crippen molar-refractivity contribution in [2.24, 2.45) is 0 Å². The summed E-state index contributed by atoms with van der Waals surface area (Å²) in [5.41, 5.74) is 0.919. The Morgan fingerprint density at radius 3 is 2.11 bits per heavy atom. The Labute approximate surface area is 118 Å². The molecule has 0 amide bonds. The third kappa shape index (κ3) is 3.33. The van der Waals surface area contributed by atoms with Crippen LogP contribution in [0.4, 0.5) is 18.9 Å². The number of nitrogens with one attached hydrogen (secondary N) is 1. The first-order valence-electron chi connectivity index (χ1n) is 5.29. The molecule has 100 valence electrons. The van der Waals surface area contributed by atoms with Gasteiger partial charge in [-0.15, -0.1) is 0 Å². The molecular formula is C13H8Cl2F3N. The van der Waals surface area contributed by atoms with Gasteiger partial charge in [-0.25, -0.2) is 13.2 Å². The predicted molar refractivity (Wildman–Crippen MR) is 70.1 cm³/mol. The third-order valence-electron chi connectivity index (χ3n) is 2.46. The van der Waals surface area contributed by atoms with E-state index in [1.54, 1.807) is 18.2 Å². The molecule has 0 saturated carbocycles. The van der Waals surface area contributed by atoms with Crippen LogP contribution in [0.3, 0.4) is 0 Å². The van der Waals surface area contributed by atoms with Crippen LogP contribution >= 0.6 is 23.2 Å². The molecule has 0 aliphatic carbocycles. The highest BCUT2D eigenvalue weighted by atomic mass is 35.5. The van der Waals surface area contributed by atoms with Crippen LogP contribution < -0.4 is 5.32 Å². The van der Waals surface area contributed by atoms with Crippen molar-refractivity contribution < 1.29 is 13.2 Å². The van der Waals surface area contributed by atoms with E-state index >= 15 is 0 Å². The van der Waals surface area contributed by atoms with E-state index in [0.717, 1.165) is 17.7 Å². The van der Waals surface area contributed by atoms with Crippen LogP contribution in [0, 0.1) is 17.5 Å². The van der Waals surface area contributed by atoms with Gasteiger partial charge in [0.15, 0.2) is 17.5 Å². The Balaban J connectivity index is 2.12. The van der Waals surface area contributed by atoms with Gasteiger partial charge < -0.3 is 5.32 Å². The topological polar surface area (TPSA) is 12.0 Å². The van der Waals surface area contributed by atoms with Gasteiger partial charge in [-0.05, 0) is 17.7 Å². The lowest BCUT2D eigenvalue weighted by atomic mass is 10.2. The zero-order valence-electron chi connectivity index (χ0n) is 9.48. The van der Waals surface area contributed by atoms with Gasteiger partial charge >= 0.3 is 0 Å². The highest BCUT2D eigenvalue weighted by molar-refractivity contribution is 6.42. The minimum Gasteiger partial charge on any atom is -0.381 e. The quantitative estimate of drug-likeness (QED) is 0.785. The van der Waals surface area contributed by atoms with Crippen molar-refractivity contribution in [3.63, 3.8) is 0 Å². The van der Waals surface area contributed by atoms with Crippen LogP contribution in [0.1, 0.15) is 5.56 Å². The van der Waals surface area contributed by atoms with Gasteiger partial charge in [-0.2, -0.15) is 0 Å². The average molecular weight is 306 g/mol. The second kappa shape index (κ2) is 5.72. The minimum absolute atomic E-state index is 0.141. The van der Waals surface area contributed by atoms with Crippen molar-refractivity contribution >= 4 is 28.9 Å². The monoisotopic (exact) mass is 305 g/mol. The maximum Gasteiger partial charge on any atom is 0.194 e. The first kappa shape index (κ1) is 14.0. The molecule has 6 heteroatoms. The average Bonchev–Trinajstić information content (AvgIpc) is 2.37. The van der Waals surface area contributed by atoms with E-state index < -0.39 is 17.5 Å². The van der Waals surface area contributed by atoms with Gasteiger partial charge in [-0.1, -0.05) is 29.3 Å². The van der Waals surface area contributed by atoms with E-state index in [9.17, 15) is 13.2 Å². The fraction of sp³-hybridized carbons (Fsp3) is 0.0769. The summed E-state index contributed by atoms with van der Waals surface area (Å²) in [6, 6.07) is 6.74. The lowest BCUT2D eigenvalue weighted by Crippen LogP contribution is -2.02. The van der Waals surface area contributed by atoms with Crippen LogP contribution in [0.15, 0.2) is 30.3 Å². The van der Waals surface area contributed by atoms with E-state index in [1.807, 2.05) is 0 Å². The Kier molecular flexibility index (Phi) is 4.22. The van der Waals surface area contributed by atoms with E-state index in [1.165, 1.54) is 0 Å². The molecular weight excluding hydrogens is 298 g/mol. The molecule has 0 bridgehead atoms. The number of anilines is 1. The number of hydrogen-bond acceptors (Lipinski definition) is 1. The normalized spacial score (nSPS) is 10.6. The molecule has 0 spiro atoms. The second-order valence-electron chi connectivity index (χ2n) is 3.86. The number of rotatable bonds is 3. The highest BCUT2D eigenvalue weighted by Crippen LogP contribution is 2.23. The van der Waals surface area contributed by atoms with E-state index in [-0.39, 0.29) is 12.2 Å². The van der Waals surface area contributed by atoms with E-state index in [0.29, 0.717) is 10.0 Å². The number of benzene rings is 2. The molecule has 19 heavy (non-hydrogen) atoms. The Hall–Kier alpha value is -1.39. The summed E-state index contributed by atoms with van der Waals surface area (Å²) in [5, 5.41) is 3.58. The largest absolute Gasteiger partial charge is 0.381 e. The molecule has 0 heterocycles. The van der Waals surface area contributed by atoms with Crippen molar-refractivity contribution in [2.75, 3.05) is 5.32 Å². The first-order valence-corrected chi connectivity index (χ1v) is 6.05. The molecule has 0 aliphatic rings. The van der Waals surface area contributed by atoms with Gasteiger partial charge in [0.1, 0.15) is 0 Å².